The molecule has 0 saturated carbocycles. The van der Waals surface area contributed by atoms with E-state index < -0.39 is 12.0 Å². The lowest BCUT2D eigenvalue weighted by atomic mass is 10.2. The monoisotopic (exact) mass is 252 g/mol. The quantitative estimate of drug-likeness (QED) is 0.779. The first-order valence-corrected chi connectivity index (χ1v) is 6.31. The highest BCUT2D eigenvalue weighted by Crippen LogP contribution is 2.12. The van der Waals surface area contributed by atoms with E-state index >= 15 is 0 Å². The Hall–Kier alpha value is -1.40. The number of nitrogens with zero attached hydrogens (tertiary/aromatic N) is 3. The maximum atomic E-state index is 11.2. The SMILES string of the molecule is CCc1cc(CN2CCNCC2C(=O)O)n(C)n1. The highest BCUT2D eigenvalue weighted by molar-refractivity contribution is 5.73. The smallest absolute Gasteiger partial charge is 0.322 e. The van der Waals surface area contributed by atoms with Crippen LogP contribution in [0.5, 0.6) is 0 Å². The second-order valence-corrected chi connectivity index (χ2v) is 4.63. The van der Waals surface area contributed by atoms with Crippen LogP contribution in [0.4, 0.5) is 0 Å². The Balaban J connectivity index is 2.10. The summed E-state index contributed by atoms with van der Waals surface area (Å²) >= 11 is 0. The molecule has 18 heavy (non-hydrogen) atoms. The highest BCUT2D eigenvalue weighted by atomic mass is 16.4. The fourth-order valence-corrected chi connectivity index (χ4v) is 2.28. The molecule has 0 bridgehead atoms. The molecule has 1 fully saturated rings. The van der Waals surface area contributed by atoms with E-state index in [1.807, 2.05) is 16.6 Å². The van der Waals surface area contributed by atoms with Crippen molar-refractivity contribution in [1.82, 2.24) is 20.0 Å². The van der Waals surface area contributed by atoms with Crippen LogP contribution in [-0.2, 0) is 24.8 Å². The predicted octanol–water partition coefficient (Wildman–Crippen LogP) is -0.159. The first-order chi connectivity index (χ1) is 8.61. The van der Waals surface area contributed by atoms with E-state index in [1.54, 1.807) is 0 Å². The minimum absolute atomic E-state index is 0.446. The van der Waals surface area contributed by atoms with Crippen molar-refractivity contribution in [1.29, 1.82) is 0 Å². The molecule has 0 amide bonds. The summed E-state index contributed by atoms with van der Waals surface area (Å²) in [4.78, 5) is 13.2. The van der Waals surface area contributed by atoms with Gasteiger partial charge in [-0.3, -0.25) is 14.4 Å². The number of piperazine rings is 1. The molecule has 1 aromatic heterocycles. The maximum absolute atomic E-state index is 11.2. The number of aryl methyl sites for hydroxylation is 2. The number of nitrogens with one attached hydrogen (secondary N) is 1. The minimum Gasteiger partial charge on any atom is -0.480 e. The Bertz CT molecular complexity index is 430. The van der Waals surface area contributed by atoms with Crippen LogP contribution in [0, 0.1) is 0 Å². The van der Waals surface area contributed by atoms with Crippen LogP contribution in [0.15, 0.2) is 6.07 Å². The predicted molar refractivity (Wildman–Crippen MR) is 67.3 cm³/mol. The van der Waals surface area contributed by atoms with Gasteiger partial charge in [-0.1, -0.05) is 6.92 Å². The van der Waals surface area contributed by atoms with E-state index in [-0.39, 0.29) is 0 Å². The number of hydrogen-bond acceptors (Lipinski definition) is 4. The molecule has 1 saturated heterocycles. The highest BCUT2D eigenvalue weighted by Gasteiger charge is 2.28. The summed E-state index contributed by atoms with van der Waals surface area (Å²) in [5.74, 6) is -0.764. The van der Waals surface area contributed by atoms with Gasteiger partial charge in [0.15, 0.2) is 0 Å². The van der Waals surface area contributed by atoms with E-state index in [0.29, 0.717) is 13.1 Å². The molecule has 1 aliphatic rings. The maximum Gasteiger partial charge on any atom is 0.322 e. The van der Waals surface area contributed by atoms with Crippen molar-refractivity contribution in [3.63, 3.8) is 0 Å². The van der Waals surface area contributed by atoms with E-state index in [0.717, 1.165) is 30.9 Å². The van der Waals surface area contributed by atoms with Gasteiger partial charge in [0.2, 0.25) is 0 Å². The van der Waals surface area contributed by atoms with Crippen molar-refractivity contribution < 1.29 is 9.90 Å². The Labute approximate surface area is 107 Å². The third kappa shape index (κ3) is 2.70. The number of rotatable bonds is 4. The molecular formula is C12H20N4O2. The zero-order chi connectivity index (χ0) is 13.1. The summed E-state index contributed by atoms with van der Waals surface area (Å²) in [6.07, 6.45) is 0.901. The van der Waals surface area contributed by atoms with E-state index in [1.165, 1.54) is 0 Å². The molecule has 0 aliphatic carbocycles. The average molecular weight is 252 g/mol. The van der Waals surface area contributed by atoms with Crippen molar-refractivity contribution in [3.05, 3.63) is 17.5 Å². The molecule has 2 rings (SSSR count). The summed E-state index contributed by atoms with van der Waals surface area (Å²) in [7, 11) is 1.91. The molecule has 0 aromatic carbocycles. The van der Waals surface area contributed by atoms with Crippen molar-refractivity contribution >= 4 is 5.97 Å². The van der Waals surface area contributed by atoms with Gasteiger partial charge in [-0.05, 0) is 12.5 Å². The van der Waals surface area contributed by atoms with Gasteiger partial charge >= 0.3 is 5.97 Å². The van der Waals surface area contributed by atoms with Gasteiger partial charge in [0.05, 0.1) is 11.4 Å². The Morgan fingerprint density at radius 1 is 1.67 bits per heavy atom. The van der Waals surface area contributed by atoms with Crippen LogP contribution in [0.1, 0.15) is 18.3 Å². The Kier molecular flexibility index (Phi) is 3.98. The lowest BCUT2D eigenvalue weighted by molar-refractivity contribution is -0.144. The largest absolute Gasteiger partial charge is 0.480 e. The molecule has 6 heteroatoms. The molecule has 0 spiro atoms. The minimum atomic E-state index is -0.764. The van der Waals surface area contributed by atoms with Crippen LogP contribution >= 0.6 is 0 Å². The molecule has 1 unspecified atom stereocenters. The summed E-state index contributed by atoms with van der Waals surface area (Å²) in [6.45, 7) is 4.80. The molecular weight excluding hydrogens is 232 g/mol. The summed E-state index contributed by atoms with van der Waals surface area (Å²) < 4.78 is 1.85. The summed E-state index contributed by atoms with van der Waals surface area (Å²) in [6, 6.07) is 1.61. The Morgan fingerprint density at radius 2 is 2.44 bits per heavy atom. The van der Waals surface area contributed by atoms with Crippen molar-refractivity contribution in [2.24, 2.45) is 7.05 Å². The number of hydrogen-bond donors (Lipinski definition) is 2. The van der Waals surface area contributed by atoms with Gasteiger partial charge in [0.1, 0.15) is 6.04 Å². The van der Waals surface area contributed by atoms with Crippen LogP contribution in [-0.4, -0.2) is 51.4 Å². The number of aliphatic carboxylic acids is 1. The molecule has 1 atom stereocenters. The van der Waals surface area contributed by atoms with Gasteiger partial charge in [0.25, 0.3) is 0 Å². The summed E-state index contributed by atoms with van der Waals surface area (Å²) in [5, 5.41) is 16.7. The number of aromatic nitrogens is 2. The number of carbonyl (C=O) groups is 1. The molecule has 0 radical (unpaired) electrons. The molecule has 1 aromatic rings. The fraction of sp³-hybridized carbons (Fsp3) is 0.667. The third-order valence-corrected chi connectivity index (χ3v) is 3.39. The van der Waals surface area contributed by atoms with Gasteiger partial charge in [-0.15, -0.1) is 0 Å². The van der Waals surface area contributed by atoms with Crippen molar-refractivity contribution in [2.75, 3.05) is 19.6 Å². The number of carboxylic acid groups (broad SMARTS) is 1. The lowest BCUT2D eigenvalue weighted by Crippen LogP contribution is -2.54. The molecule has 100 valence electrons. The van der Waals surface area contributed by atoms with E-state index in [4.69, 9.17) is 0 Å². The first kappa shape index (κ1) is 13.0. The summed E-state index contributed by atoms with van der Waals surface area (Å²) in [5.41, 5.74) is 2.12. The Morgan fingerprint density at radius 3 is 3.06 bits per heavy atom. The van der Waals surface area contributed by atoms with Gasteiger partial charge in [-0.2, -0.15) is 5.10 Å². The van der Waals surface area contributed by atoms with Crippen LogP contribution in [0.2, 0.25) is 0 Å². The van der Waals surface area contributed by atoms with Gasteiger partial charge < -0.3 is 10.4 Å². The second-order valence-electron chi connectivity index (χ2n) is 4.63. The molecule has 1 aliphatic heterocycles. The average Bonchev–Trinajstić information content (AvgIpc) is 2.71. The molecule has 2 heterocycles. The second kappa shape index (κ2) is 5.49. The van der Waals surface area contributed by atoms with Crippen molar-refractivity contribution in [3.8, 4) is 0 Å². The zero-order valence-corrected chi connectivity index (χ0v) is 10.9. The first-order valence-electron chi connectivity index (χ1n) is 6.31. The number of carboxylic acids is 1. The third-order valence-electron chi connectivity index (χ3n) is 3.39. The standard InChI is InChI=1S/C12H20N4O2/c1-3-9-6-10(15(2)14-9)8-16-5-4-13-7-11(16)12(17)18/h6,11,13H,3-5,7-8H2,1-2H3,(H,17,18). The zero-order valence-electron chi connectivity index (χ0n) is 10.9. The van der Waals surface area contributed by atoms with Crippen LogP contribution in [0.3, 0.4) is 0 Å². The normalized spacial score (nSPS) is 21.1. The van der Waals surface area contributed by atoms with E-state index in [2.05, 4.69) is 23.4 Å². The van der Waals surface area contributed by atoms with Gasteiger partial charge in [-0.25, -0.2) is 0 Å². The molecule has 6 nitrogen and oxygen atoms in total. The van der Waals surface area contributed by atoms with Crippen molar-refractivity contribution in [2.45, 2.75) is 25.9 Å². The topological polar surface area (TPSA) is 70.4 Å². The van der Waals surface area contributed by atoms with E-state index in [9.17, 15) is 9.90 Å². The van der Waals surface area contributed by atoms with Crippen LogP contribution < -0.4 is 5.32 Å². The molecule has 2 N–H and O–H groups in total. The van der Waals surface area contributed by atoms with Crippen LogP contribution in [0.25, 0.3) is 0 Å². The fourth-order valence-electron chi connectivity index (χ4n) is 2.28. The lowest BCUT2D eigenvalue weighted by Gasteiger charge is -2.33. The van der Waals surface area contributed by atoms with Gasteiger partial charge in [0, 0.05) is 33.2 Å².